The van der Waals surface area contributed by atoms with Gasteiger partial charge in [-0.1, -0.05) is 37.1 Å². The van der Waals surface area contributed by atoms with E-state index in [4.69, 9.17) is 4.37 Å². The second-order valence-electron chi connectivity index (χ2n) is 8.75. The Kier molecular flexibility index (Phi) is 6.18. The van der Waals surface area contributed by atoms with E-state index in [-0.39, 0.29) is 11.8 Å². The highest BCUT2D eigenvalue weighted by Gasteiger charge is 2.23. The molecule has 0 atom stereocenters. The minimum Gasteiger partial charge on any atom is -0.353 e. The fourth-order valence-electron chi connectivity index (χ4n) is 4.76. The van der Waals surface area contributed by atoms with Gasteiger partial charge in [0.05, 0.1) is 4.70 Å². The third-order valence-corrected chi connectivity index (χ3v) is 7.51. The summed E-state index contributed by atoms with van der Waals surface area (Å²) in [6, 6.07) is 16.9. The molecule has 1 aromatic heterocycles. The second kappa shape index (κ2) is 9.37. The van der Waals surface area contributed by atoms with Crippen LogP contribution in [0, 0.1) is 5.92 Å². The van der Waals surface area contributed by atoms with Crippen LogP contribution >= 0.6 is 11.5 Å². The molecule has 2 fully saturated rings. The summed E-state index contributed by atoms with van der Waals surface area (Å²) in [6.07, 6.45) is 5.49. The van der Waals surface area contributed by atoms with Crippen LogP contribution in [-0.4, -0.2) is 47.9 Å². The predicted octanol–water partition coefficient (Wildman–Crippen LogP) is 4.79. The smallest absolute Gasteiger partial charge is 0.227 e. The molecular formula is C25H30N4OS. The lowest BCUT2D eigenvalue weighted by atomic mass is 10.1. The molecule has 0 spiro atoms. The van der Waals surface area contributed by atoms with Crippen molar-refractivity contribution in [2.24, 2.45) is 5.92 Å². The Labute approximate surface area is 188 Å². The molecule has 1 N–H and O–H groups in total. The molecule has 1 saturated heterocycles. The minimum atomic E-state index is 0.191. The van der Waals surface area contributed by atoms with Crippen molar-refractivity contribution in [2.45, 2.75) is 32.1 Å². The van der Waals surface area contributed by atoms with Crippen LogP contribution in [0.5, 0.6) is 0 Å². The van der Waals surface area contributed by atoms with Gasteiger partial charge >= 0.3 is 0 Å². The van der Waals surface area contributed by atoms with Gasteiger partial charge in [-0.3, -0.25) is 9.69 Å². The molecule has 5 nitrogen and oxygen atoms in total. The SMILES string of the molecule is O=C(Nc1ccc(CCN2CCN(c3nsc4ccccc34)CC2)cc1)C1CCCC1. The third kappa shape index (κ3) is 4.75. The van der Waals surface area contributed by atoms with E-state index in [9.17, 15) is 4.79 Å². The van der Waals surface area contributed by atoms with Crippen LogP contribution in [-0.2, 0) is 11.2 Å². The first-order chi connectivity index (χ1) is 15.3. The first kappa shape index (κ1) is 20.5. The molecule has 2 aromatic carbocycles. The largest absolute Gasteiger partial charge is 0.353 e. The topological polar surface area (TPSA) is 48.5 Å². The summed E-state index contributed by atoms with van der Waals surface area (Å²) < 4.78 is 5.98. The van der Waals surface area contributed by atoms with Crippen molar-refractivity contribution in [2.75, 3.05) is 42.9 Å². The van der Waals surface area contributed by atoms with Crippen molar-refractivity contribution in [3.05, 3.63) is 54.1 Å². The number of fused-ring (bicyclic) bond motifs is 1. The Morgan fingerprint density at radius 3 is 2.52 bits per heavy atom. The average Bonchev–Trinajstić information content (AvgIpc) is 3.49. The van der Waals surface area contributed by atoms with E-state index < -0.39 is 0 Å². The quantitative estimate of drug-likeness (QED) is 0.606. The number of hydrogen-bond donors (Lipinski definition) is 1. The molecular weight excluding hydrogens is 404 g/mol. The molecule has 1 amide bonds. The molecule has 2 aliphatic rings. The number of amides is 1. The van der Waals surface area contributed by atoms with E-state index in [1.54, 1.807) is 11.5 Å². The number of anilines is 2. The van der Waals surface area contributed by atoms with Gasteiger partial charge < -0.3 is 10.2 Å². The molecule has 0 unspecified atom stereocenters. The van der Waals surface area contributed by atoms with Crippen LogP contribution in [0.2, 0.25) is 0 Å². The standard InChI is InChI=1S/C25H30N4OS/c30-25(20-5-1-2-6-20)26-21-11-9-19(10-12-21)13-14-28-15-17-29(18-16-28)24-22-7-3-4-8-23(22)31-27-24/h3-4,7-12,20H,1-2,5-6,13-18H2,(H,26,30). The number of benzene rings is 2. The van der Waals surface area contributed by atoms with Crippen LogP contribution in [0.25, 0.3) is 10.1 Å². The van der Waals surface area contributed by atoms with Crippen LogP contribution in [0.3, 0.4) is 0 Å². The molecule has 5 rings (SSSR count). The number of nitrogens with zero attached hydrogens (tertiary/aromatic N) is 3. The Morgan fingerprint density at radius 1 is 1.00 bits per heavy atom. The maximum atomic E-state index is 12.3. The number of nitrogens with one attached hydrogen (secondary N) is 1. The van der Waals surface area contributed by atoms with Crippen LogP contribution in [0.1, 0.15) is 31.2 Å². The Hall–Kier alpha value is -2.44. The van der Waals surface area contributed by atoms with Gasteiger partial charge in [-0.25, -0.2) is 0 Å². The van der Waals surface area contributed by atoms with E-state index in [0.717, 1.165) is 63.5 Å². The Balaban J connectivity index is 1.09. The number of aromatic nitrogens is 1. The van der Waals surface area contributed by atoms with Gasteiger partial charge in [-0.2, -0.15) is 4.37 Å². The summed E-state index contributed by atoms with van der Waals surface area (Å²) in [5.74, 6) is 1.55. The average molecular weight is 435 g/mol. The fraction of sp³-hybridized carbons (Fsp3) is 0.440. The molecule has 1 aliphatic heterocycles. The fourth-order valence-corrected chi connectivity index (χ4v) is 5.55. The number of rotatable bonds is 6. The van der Waals surface area contributed by atoms with Crippen molar-refractivity contribution >= 4 is 39.0 Å². The van der Waals surface area contributed by atoms with Gasteiger partial charge in [0.25, 0.3) is 0 Å². The zero-order valence-electron chi connectivity index (χ0n) is 17.9. The van der Waals surface area contributed by atoms with E-state index in [0.29, 0.717) is 0 Å². The van der Waals surface area contributed by atoms with Gasteiger partial charge in [-0.15, -0.1) is 0 Å². The monoisotopic (exact) mass is 434 g/mol. The lowest BCUT2D eigenvalue weighted by Gasteiger charge is -2.35. The number of carbonyl (C=O) groups is 1. The van der Waals surface area contributed by atoms with Crippen molar-refractivity contribution < 1.29 is 4.79 Å². The molecule has 3 aromatic rings. The third-order valence-electron chi connectivity index (χ3n) is 6.69. The molecule has 2 heterocycles. The van der Waals surface area contributed by atoms with Crippen molar-refractivity contribution in [1.29, 1.82) is 0 Å². The van der Waals surface area contributed by atoms with E-state index in [1.165, 1.54) is 28.5 Å². The van der Waals surface area contributed by atoms with E-state index >= 15 is 0 Å². The van der Waals surface area contributed by atoms with Crippen molar-refractivity contribution in [3.63, 3.8) is 0 Å². The molecule has 1 aliphatic carbocycles. The molecule has 6 heteroatoms. The molecule has 0 radical (unpaired) electrons. The van der Waals surface area contributed by atoms with E-state index in [1.807, 2.05) is 12.1 Å². The van der Waals surface area contributed by atoms with E-state index in [2.05, 4.69) is 51.5 Å². The number of piperazine rings is 1. The first-order valence-electron chi connectivity index (χ1n) is 11.5. The van der Waals surface area contributed by atoms with Gasteiger partial charge in [0.2, 0.25) is 5.91 Å². The number of hydrogen-bond acceptors (Lipinski definition) is 5. The van der Waals surface area contributed by atoms with Gasteiger partial charge in [0.15, 0.2) is 0 Å². The summed E-state index contributed by atoms with van der Waals surface area (Å²) in [5, 5.41) is 4.37. The first-order valence-corrected chi connectivity index (χ1v) is 12.3. The molecule has 0 bridgehead atoms. The van der Waals surface area contributed by atoms with Crippen LogP contribution in [0.4, 0.5) is 11.5 Å². The zero-order valence-corrected chi connectivity index (χ0v) is 18.7. The van der Waals surface area contributed by atoms with Gasteiger partial charge in [0, 0.05) is 49.7 Å². The predicted molar refractivity (Wildman–Crippen MR) is 129 cm³/mol. The maximum absolute atomic E-state index is 12.3. The molecule has 31 heavy (non-hydrogen) atoms. The summed E-state index contributed by atoms with van der Waals surface area (Å²) in [7, 11) is 0. The minimum absolute atomic E-state index is 0.191. The summed E-state index contributed by atoms with van der Waals surface area (Å²) in [5.41, 5.74) is 2.25. The lowest BCUT2D eigenvalue weighted by molar-refractivity contribution is -0.119. The normalized spacial score (nSPS) is 18.0. The maximum Gasteiger partial charge on any atom is 0.227 e. The Bertz CT molecular complexity index is 1020. The second-order valence-corrected chi connectivity index (χ2v) is 9.55. The number of carbonyl (C=O) groups excluding carboxylic acids is 1. The molecule has 162 valence electrons. The molecule has 1 saturated carbocycles. The highest BCUT2D eigenvalue weighted by molar-refractivity contribution is 7.13. The zero-order chi connectivity index (χ0) is 21.0. The van der Waals surface area contributed by atoms with Crippen LogP contribution in [0.15, 0.2) is 48.5 Å². The lowest BCUT2D eigenvalue weighted by Crippen LogP contribution is -2.47. The van der Waals surface area contributed by atoms with Crippen LogP contribution < -0.4 is 10.2 Å². The van der Waals surface area contributed by atoms with Crippen molar-refractivity contribution in [1.82, 2.24) is 9.27 Å². The van der Waals surface area contributed by atoms with Gasteiger partial charge in [-0.05, 0) is 60.6 Å². The highest BCUT2D eigenvalue weighted by atomic mass is 32.1. The Morgan fingerprint density at radius 2 is 1.74 bits per heavy atom. The van der Waals surface area contributed by atoms with Gasteiger partial charge in [0.1, 0.15) is 5.82 Å². The summed E-state index contributed by atoms with van der Waals surface area (Å²) >= 11 is 1.60. The van der Waals surface area contributed by atoms with Crippen molar-refractivity contribution in [3.8, 4) is 0 Å². The summed E-state index contributed by atoms with van der Waals surface area (Å²) in [6.45, 7) is 5.27. The summed E-state index contributed by atoms with van der Waals surface area (Å²) in [4.78, 5) is 17.3. The highest BCUT2D eigenvalue weighted by Crippen LogP contribution is 2.30.